The Labute approximate surface area is 252 Å². The van der Waals surface area contributed by atoms with Crippen molar-refractivity contribution in [3.8, 4) is 0 Å². The van der Waals surface area contributed by atoms with Gasteiger partial charge in [0.15, 0.2) is 12.4 Å². The summed E-state index contributed by atoms with van der Waals surface area (Å²) in [6.45, 7) is -0.288. The van der Waals surface area contributed by atoms with E-state index in [-0.39, 0.29) is 35.0 Å². The molecule has 12 heteroatoms. The molecular weight excluding hydrogens is 571 g/mol. The minimum Gasteiger partial charge on any atom is -0.452 e. The van der Waals surface area contributed by atoms with E-state index in [9.17, 15) is 33.2 Å². The van der Waals surface area contributed by atoms with Crippen LogP contribution in [0.2, 0.25) is 0 Å². The van der Waals surface area contributed by atoms with E-state index in [1.54, 1.807) is 24.3 Å². The molecular formula is C32H33FN4O7. The van der Waals surface area contributed by atoms with Gasteiger partial charge in [0.2, 0.25) is 11.8 Å². The van der Waals surface area contributed by atoms with Crippen molar-refractivity contribution in [3.05, 3.63) is 71.7 Å². The number of aromatic nitrogens is 1. The Morgan fingerprint density at radius 1 is 0.932 bits per heavy atom. The summed E-state index contributed by atoms with van der Waals surface area (Å²) in [5.74, 6) is -5.26. The zero-order valence-electron chi connectivity index (χ0n) is 23.9. The second kappa shape index (κ2) is 13.6. The maximum Gasteiger partial charge on any atom is 0.380 e. The van der Waals surface area contributed by atoms with E-state index >= 15 is 0 Å². The Kier molecular flexibility index (Phi) is 9.47. The number of fused-ring (bicyclic) bond motifs is 1. The van der Waals surface area contributed by atoms with Crippen molar-refractivity contribution >= 4 is 46.2 Å². The normalized spacial score (nSPS) is 17.7. The smallest absolute Gasteiger partial charge is 0.380 e. The highest BCUT2D eigenvalue weighted by molar-refractivity contribution is 6.40. The van der Waals surface area contributed by atoms with Crippen LogP contribution < -0.4 is 16.0 Å². The maximum atomic E-state index is 14.2. The topological polar surface area (TPSA) is 164 Å². The van der Waals surface area contributed by atoms with Gasteiger partial charge in [0.25, 0.3) is 11.7 Å². The van der Waals surface area contributed by atoms with Gasteiger partial charge >= 0.3 is 5.97 Å². The Hall–Kier alpha value is -4.87. The molecule has 1 saturated carbocycles. The lowest BCUT2D eigenvalue weighted by molar-refractivity contribution is -0.144. The Bertz CT molecular complexity index is 1580. The number of hydrogen-bond donors (Lipinski definition) is 4. The van der Waals surface area contributed by atoms with Gasteiger partial charge in [-0.05, 0) is 43.7 Å². The Morgan fingerprint density at radius 3 is 2.41 bits per heavy atom. The van der Waals surface area contributed by atoms with Crippen molar-refractivity contribution in [2.24, 2.45) is 11.8 Å². The number of benzene rings is 2. The third-order valence-electron chi connectivity index (χ3n) is 7.93. The van der Waals surface area contributed by atoms with Crippen molar-refractivity contribution in [2.75, 3.05) is 13.2 Å². The van der Waals surface area contributed by atoms with E-state index in [2.05, 4.69) is 20.9 Å². The molecule has 0 bridgehead atoms. The zero-order chi connectivity index (χ0) is 31.2. The molecule has 2 aliphatic rings. The fourth-order valence-electron chi connectivity index (χ4n) is 5.29. The number of carbonyl (C=O) groups excluding carboxylic acids is 6. The number of ketones is 2. The number of carbonyl (C=O) groups is 6. The van der Waals surface area contributed by atoms with E-state index in [4.69, 9.17) is 4.74 Å². The molecule has 0 spiro atoms. The molecule has 1 aromatic heterocycles. The molecule has 3 atom stereocenters. The number of Topliss-reactive ketones (excluding diaryl/α,β-unsaturated/α-hetero) is 2. The monoisotopic (exact) mass is 604 g/mol. The second-order valence-electron chi connectivity index (χ2n) is 11.3. The molecule has 0 unspecified atom stereocenters. The SMILES string of the molecule is O=C(OCC(=O)[C@H](C[C@@H]1CCCNC1=O)NC(=O)[C@H](CC1CC1)NC(=O)c1cc2cccc(F)c2[nH]1)C(=O)c1ccccc1. The first-order chi connectivity index (χ1) is 21.2. The standard InChI is InChI=1S/C32H33FN4O7/c33-22-10-4-8-20-15-25(35-27(20)22)31(42)37-24(14-18-11-12-18)30(41)36-23(16-21-9-5-13-34-29(21)40)26(38)17-44-32(43)28(39)19-6-2-1-3-7-19/h1-4,6-8,10,15,18,21,23-24,35H,5,9,11-14,16-17H2,(H,34,40)(H,36,41)(H,37,42)/t21-,23-,24-/m0/s1. The highest BCUT2D eigenvalue weighted by atomic mass is 19.1. The number of rotatable bonds is 13. The summed E-state index contributed by atoms with van der Waals surface area (Å²) in [4.78, 5) is 80.0. The summed E-state index contributed by atoms with van der Waals surface area (Å²) in [5, 5.41) is 8.61. The quantitative estimate of drug-likeness (QED) is 0.132. The second-order valence-corrected chi connectivity index (χ2v) is 11.3. The van der Waals surface area contributed by atoms with Gasteiger partial charge in [-0.1, -0.05) is 55.3 Å². The summed E-state index contributed by atoms with van der Waals surface area (Å²) in [6.07, 6.45) is 3.22. The zero-order valence-corrected chi connectivity index (χ0v) is 23.9. The van der Waals surface area contributed by atoms with Crippen LogP contribution in [0.25, 0.3) is 10.9 Å². The van der Waals surface area contributed by atoms with E-state index in [0.717, 1.165) is 12.8 Å². The van der Waals surface area contributed by atoms with Crippen molar-refractivity contribution in [1.29, 1.82) is 0 Å². The summed E-state index contributed by atoms with van der Waals surface area (Å²) in [5.41, 5.74) is 0.336. The van der Waals surface area contributed by atoms with Crippen LogP contribution in [0.3, 0.4) is 0 Å². The lowest BCUT2D eigenvalue weighted by Crippen LogP contribution is -2.53. The molecule has 2 heterocycles. The van der Waals surface area contributed by atoms with Crippen molar-refractivity contribution in [3.63, 3.8) is 0 Å². The molecule has 3 aromatic rings. The molecule has 11 nitrogen and oxygen atoms in total. The molecule has 2 aromatic carbocycles. The number of ether oxygens (including phenoxy) is 1. The van der Waals surface area contributed by atoms with Crippen LogP contribution in [0.1, 0.15) is 59.4 Å². The average Bonchev–Trinajstić information content (AvgIpc) is 3.74. The molecule has 0 radical (unpaired) electrons. The number of aromatic amines is 1. The third-order valence-corrected chi connectivity index (χ3v) is 7.93. The number of piperidine rings is 1. The van der Waals surface area contributed by atoms with Crippen LogP contribution in [-0.2, 0) is 23.9 Å². The minimum absolute atomic E-state index is 0.0496. The van der Waals surface area contributed by atoms with Gasteiger partial charge in [-0.15, -0.1) is 0 Å². The maximum absolute atomic E-state index is 14.2. The van der Waals surface area contributed by atoms with Gasteiger partial charge in [0, 0.05) is 23.4 Å². The predicted octanol–water partition coefficient (Wildman–Crippen LogP) is 2.60. The number of amides is 3. The van der Waals surface area contributed by atoms with Crippen LogP contribution in [-0.4, -0.2) is 65.5 Å². The van der Waals surface area contributed by atoms with Crippen molar-refractivity contribution in [2.45, 2.75) is 50.6 Å². The van der Waals surface area contributed by atoms with E-state index in [1.165, 1.54) is 30.3 Å². The van der Waals surface area contributed by atoms with Gasteiger partial charge in [-0.25, -0.2) is 9.18 Å². The van der Waals surface area contributed by atoms with Crippen LogP contribution in [0, 0.1) is 17.7 Å². The van der Waals surface area contributed by atoms with Gasteiger partial charge < -0.3 is 25.7 Å². The van der Waals surface area contributed by atoms with Gasteiger partial charge in [-0.3, -0.25) is 24.0 Å². The molecule has 1 aliphatic heterocycles. The van der Waals surface area contributed by atoms with Gasteiger partial charge in [0.05, 0.1) is 11.6 Å². The summed E-state index contributed by atoms with van der Waals surface area (Å²) < 4.78 is 19.2. The number of H-pyrrole nitrogens is 1. The Balaban J connectivity index is 1.28. The van der Waals surface area contributed by atoms with Crippen LogP contribution >= 0.6 is 0 Å². The number of para-hydroxylation sites is 1. The molecule has 1 aliphatic carbocycles. The highest BCUT2D eigenvalue weighted by Crippen LogP contribution is 2.34. The fraction of sp³-hybridized carbons (Fsp3) is 0.375. The van der Waals surface area contributed by atoms with Gasteiger partial charge in [0.1, 0.15) is 17.6 Å². The van der Waals surface area contributed by atoms with Gasteiger partial charge in [-0.2, -0.15) is 0 Å². The largest absolute Gasteiger partial charge is 0.452 e. The van der Waals surface area contributed by atoms with Crippen LogP contribution in [0.15, 0.2) is 54.6 Å². The summed E-state index contributed by atoms with van der Waals surface area (Å²) in [7, 11) is 0. The number of esters is 1. The molecule has 230 valence electrons. The summed E-state index contributed by atoms with van der Waals surface area (Å²) >= 11 is 0. The van der Waals surface area contributed by atoms with Crippen LogP contribution in [0.5, 0.6) is 0 Å². The number of nitrogens with one attached hydrogen (secondary N) is 4. The third kappa shape index (κ3) is 7.55. The molecule has 4 N–H and O–H groups in total. The van der Waals surface area contributed by atoms with E-state index in [0.29, 0.717) is 31.2 Å². The van der Waals surface area contributed by atoms with Crippen LogP contribution in [0.4, 0.5) is 4.39 Å². The first kappa shape index (κ1) is 30.6. The highest BCUT2D eigenvalue weighted by Gasteiger charge is 2.35. The minimum atomic E-state index is -1.23. The van der Waals surface area contributed by atoms with E-state index < -0.39 is 59.8 Å². The molecule has 5 rings (SSSR count). The van der Waals surface area contributed by atoms with Crippen molar-refractivity contribution < 1.29 is 37.9 Å². The van der Waals surface area contributed by atoms with E-state index in [1.807, 2.05) is 0 Å². The number of hydrogen-bond acceptors (Lipinski definition) is 7. The first-order valence-electron chi connectivity index (χ1n) is 14.6. The Morgan fingerprint density at radius 2 is 1.70 bits per heavy atom. The lowest BCUT2D eigenvalue weighted by Gasteiger charge is -2.27. The molecule has 44 heavy (non-hydrogen) atoms. The lowest BCUT2D eigenvalue weighted by atomic mass is 9.90. The summed E-state index contributed by atoms with van der Waals surface area (Å²) in [6, 6.07) is 11.4. The number of halogens is 1. The van der Waals surface area contributed by atoms with Crippen molar-refractivity contribution in [1.82, 2.24) is 20.9 Å². The molecule has 3 amide bonds. The molecule has 1 saturated heterocycles. The first-order valence-corrected chi connectivity index (χ1v) is 14.6. The average molecular weight is 605 g/mol. The fourth-order valence-corrected chi connectivity index (χ4v) is 5.29. The predicted molar refractivity (Wildman–Crippen MR) is 156 cm³/mol. The molecule has 2 fully saturated rings.